The van der Waals surface area contributed by atoms with Gasteiger partial charge in [0.05, 0.1) is 45.0 Å². The molecule has 0 saturated carbocycles. The van der Waals surface area contributed by atoms with Crippen LogP contribution in [0.25, 0.3) is 94.1 Å². The minimum absolute atomic E-state index is 0.366. The average molecular weight is 653 g/mol. The van der Waals surface area contributed by atoms with Crippen LogP contribution in [-0.2, 0) is 0 Å². The number of rotatable bonds is 3. The minimum atomic E-state index is 0.366. The second-order valence-electron chi connectivity index (χ2n) is 13.8. The van der Waals surface area contributed by atoms with E-state index in [1.54, 1.807) is 0 Å². The van der Waals surface area contributed by atoms with E-state index >= 15 is 0 Å². The number of benzene rings is 7. The average Bonchev–Trinajstić information content (AvgIpc) is 3.71. The molecule has 0 aliphatic heterocycles. The molecule has 3 aromatic heterocycles. The number of aromatic nitrogens is 4. The van der Waals surface area contributed by atoms with E-state index in [2.05, 4.69) is 168 Å². The van der Waals surface area contributed by atoms with E-state index < -0.39 is 0 Å². The highest BCUT2D eigenvalue weighted by atomic mass is 15.0. The Morgan fingerprint density at radius 3 is 1.88 bits per heavy atom. The third-order valence-corrected chi connectivity index (χ3v) is 10.9. The smallest absolute Gasteiger partial charge is 0.0968 e. The minimum Gasteiger partial charge on any atom is -0.309 e. The van der Waals surface area contributed by atoms with Gasteiger partial charge in [0.2, 0.25) is 0 Å². The molecule has 1 unspecified atom stereocenters. The van der Waals surface area contributed by atoms with Crippen molar-refractivity contribution in [2.24, 2.45) is 0 Å². The lowest BCUT2D eigenvalue weighted by Gasteiger charge is -2.22. The molecule has 1 atom stereocenters. The molecule has 7 aromatic carbocycles. The van der Waals surface area contributed by atoms with Gasteiger partial charge in [-0.2, -0.15) is 0 Å². The van der Waals surface area contributed by atoms with Crippen LogP contribution in [0.15, 0.2) is 152 Å². The normalized spacial score (nSPS) is 14.4. The summed E-state index contributed by atoms with van der Waals surface area (Å²) in [5.74, 6) is 0.366. The van der Waals surface area contributed by atoms with Crippen LogP contribution >= 0.6 is 0 Å². The Hall–Kier alpha value is -6.52. The Balaban J connectivity index is 1.22. The molecule has 0 spiro atoms. The van der Waals surface area contributed by atoms with Gasteiger partial charge in [-0.05, 0) is 77.4 Å². The van der Waals surface area contributed by atoms with Crippen LogP contribution in [0.3, 0.4) is 0 Å². The number of nitrogens with zero attached hydrogens (tertiary/aromatic N) is 4. The van der Waals surface area contributed by atoms with Crippen LogP contribution < -0.4 is 0 Å². The van der Waals surface area contributed by atoms with E-state index in [0.717, 1.165) is 51.0 Å². The highest BCUT2D eigenvalue weighted by Gasteiger charge is 2.24. The Bertz CT molecular complexity index is 3060. The van der Waals surface area contributed by atoms with Crippen molar-refractivity contribution in [1.29, 1.82) is 0 Å². The van der Waals surface area contributed by atoms with Gasteiger partial charge in [-0.1, -0.05) is 110 Å². The Morgan fingerprint density at radius 2 is 1.16 bits per heavy atom. The van der Waals surface area contributed by atoms with Gasteiger partial charge in [-0.15, -0.1) is 0 Å². The maximum absolute atomic E-state index is 5.44. The summed E-state index contributed by atoms with van der Waals surface area (Å²) in [4.78, 5) is 10.6. The second kappa shape index (κ2) is 10.7. The summed E-state index contributed by atoms with van der Waals surface area (Å²) in [6.07, 6.45) is 7.55. The standard InChI is InChI=1S/C47H32N4/c1-29-13-12-21-34-33-18-8-9-19-35(33)46-47(43(29)34)49-38(28-48-46)30-23-24-37-42(27-30)51(32-16-6-3-7-17-32)41-26-25-40-44(45(37)41)36-20-10-11-22-39(36)50(40)31-14-4-2-5-15-31/h2-12,14-29H,13H2,1H3. The summed E-state index contributed by atoms with van der Waals surface area (Å²) in [6.45, 7) is 2.31. The van der Waals surface area contributed by atoms with Gasteiger partial charge in [0, 0.05) is 43.9 Å². The van der Waals surface area contributed by atoms with Gasteiger partial charge >= 0.3 is 0 Å². The molecule has 0 radical (unpaired) electrons. The first-order chi connectivity index (χ1) is 25.2. The fourth-order valence-electron chi connectivity index (χ4n) is 8.73. The largest absolute Gasteiger partial charge is 0.309 e. The van der Waals surface area contributed by atoms with E-state index in [9.17, 15) is 0 Å². The Kier molecular flexibility index (Phi) is 5.97. The lowest BCUT2D eigenvalue weighted by molar-refractivity contribution is 0.778. The zero-order valence-corrected chi connectivity index (χ0v) is 28.1. The molecule has 51 heavy (non-hydrogen) atoms. The number of allylic oxidation sites excluding steroid dienone is 1. The van der Waals surface area contributed by atoms with Crippen molar-refractivity contribution in [3.8, 4) is 22.6 Å². The van der Waals surface area contributed by atoms with Crippen LogP contribution in [0.2, 0.25) is 0 Å². The van der Waals surface area contributed by atoms with Crippen molar-refractivity contribution in [3.05, 3.63) is 163 Å². The predicted octanol–water partition coefficient (Wildman–Crippen LogP) is 12.2. The van der Waals surface area contributed by atoms with Crippen molar-refractivity contribution in [2.75, 3.05) is 0 Å². The molecule has 3 heterocycles. The summed E-state index contributed by atoms with van der Waals surface area (Å²) in [5.41, 5.74) is 13.5. The molecule has 0 N–H and O–H groups in total. The van der Waals surface area contributed by atoms with Crippen LogP contribution in [0.4, 0.5) is 0 Å². The monoisotopic (exact) mass is 652 g/mol. The Morgan fingerprint density at radius 1 is 0.549 bits per heavy atom. The van der Waals surface area contributed by atoms with Crippen LogP contribution in [0.5, 0.6) is 0 Å². The summed E-state index contributed by atoms with van der Waals surface area (Å²) in [5, 5.41) is 7.40. The van der Waals surface area contributed by atoms with Gasteiger partial charge in [0.15, 0.2) is 0 Å². The molecular formula is C47H32N4. The van der Waals surface area contributed by atoms with E-state index in [4.69, 9.17) is 9.97 Å². The van der Waals surface area contributed by atoms with Crippen LogP contribution in [-0.4, -0.2) is 19.1 Å². The van der Waals surface area contributed by atoms with Crippen molar-refractivity contribution in [2.45, 2.75) is 19.3 Å². The van der Waals surface area contributed by atoms with Gasteiger partial charge in [0.25, 0.3) is 0 Å². The van der Waals surface area contributed by atoms with Crippen LogP contribution in [0, 0.1) is 0 Å². The fourth-order valence-corrected chi connectivity index (χ4v) is 8.73. The van der Waals surface area contributed by atoms with Gasteiger partial charge in [-0.3, -0.25) is 4.98 Å². The molecule has 0 amide bonds. The van der Waals surface area contributed by atoms with Gasteiger partial charge in [0.1, 0.15) is 0 Å². The van der Waals surface area contributed by atoms with E-state index in [1.807, 2.05) is 6.20 Å². The third-order valence-electron chi connectivity index (χ3n) is 10.9. The topological polar surface area (TPSA) is 35.6 Å². The first kappa shape index (κ1) is 28.3. The third kappa shape index (κ3) is 4.02. The van der Waals surface area contributed by atoms with Crippen molar-refractivity contribution >= 4 is 71.5 Å². The number of hydrogen-bond donors (Lipinski definition) is 0. The van der Waals surface area contributed by atoms with Crippen molar-refractivity contribution in [3.63, 3.8) is 0 Å². The summed E-state index contributed by atoms with van der Waals surface area (Å²) < 4.78 is 4.81. The predicted molar refractivity (Wildman–Crippen MR) is 213 cm³/mol. The first-order valence-electron chi connectivity index (χ1n) is 17.7. The fraction of sp³-hybridized carbons (Fsp3) is 0.0638. The Labute approximate surface area is 294 Å². The molecule has 240 valence electrons. The molecule has 11 rings (SSSR count). The molecule has 1 aliphatic carbocycles. The summed E-state index contributed by atoms with van der Waals surface area (Å²) in [7, 11) is 0. The highest BCUT2D eigenvalue weighted by molar-refractivity contribution is 6.29. The molecular weight excluding hydrogens is 621 g/mol. The number of hydrogen-bond acceptors (Lipinski definition) is 2. The molecule has 0 bridgehead atoms. The lowest BCUT2D eigenvalue weighted by Crippen LogP contribution is -2.05. The van der Waals surface area contributed by atoms with Gasteiger partial charge < -0.3 is 9.13 Å². The first-order valence-corrected chi connectivity index (χ1v) is 17.7. The van der Waals surface area contributed by atoms with Crippen molar-refractivity contribution in [1.82, 2.24) is 19.1 Å². The molecule has 0 saturated heterocycles. The highest BCUT2D eigenvalue weighted by Crippen LogP contribution is 2.44. The van der Waals surface area contributed by atoms with E-state index in [-0.39, 0.29) is 0 Å². The van der Waals surface area contributed by atoms with E-state index in [0.29, 0.717) is 5.92 Å². The van der Waals surface area contributed by atoms with E-state index in [1.165, 1.54) is 54.6 Å². The lowest BCUT2D eigenvalue weighted by atomic mass is 9.84. The second-order valence-corrected chi connectivity index (χ2v) is 13.8. The van der Waals surface area contributed by atoms with Crippen LogP contribution in [0.1, 0.15) is 30.4 Å². The van der Waals surface area contributed by atoms with Gasteiger partial charge in [-0.25, -0.2) is 4.98 Å². The molecule has 0 fully saturated rings. The molecule has 10 aromatic rings. The van der Waals surface area contributed by atoms with Crippen molar-refractivity contribution < 1.29 is 0 Å². The maximum Gasteiger partial charge on any atom is 0.0968 e. The zero-order chi connectivity index (χ0) is 33.6. The number of fused-ring (bicyclic) bond motifs is 13. The molecule has 1 aliphatic rings. The zero-order valence-electron chi connectivity index (χ0n) is 28.1. The molecule has 4 nitrogen and oxygen atoms in total. The summed E-state index contributed by atoms with van der Waals surface area (Å²) >= 11 is 0. The SMILES string of the molecule is CC1CC=Cc2c1c1nc(-c3ccc4c5c6c7ccccc7n(-c7ccccc7)c6ccc5n(-c5ccccc5)c4c3)cnc1c1ccccc21. The maximum atomic E-state index is 5.44. The quantitative estimate of drug-likeness (QED) is 0.178. The summed E-state index contributed by atoms with van der Waals surface area (Å²) in [6, 6.07) is 50.3. The number of para-hydroxylation sites is 3. The molecule has 4 heteroatoms.